The monoisotopic (exact) mass is 480 g/mol. The van der Waals surface area contributed by atoms with Gasteiger partial charge in [0.05, 0.1) is 0 Å². The molecule has 0 spiro atoms. The van der Waals surface area contributed by atoms with E-state index in [-0.39, 0.29) is 0 Å². The molecule has 0 nitrogen and oxygen atoms in total. The molecule has 0 atom stereocenters. The zero-order chi connectivity index (χ0) is 24.5. The van der Waals surface area contributed by atoms with Gasteiger partial charge in [0.15, 0.2) is 0 Å². The first-order valence-electron chi connectivity index (χ1n) is 13.9. The van der Waals surface area contributed by atoms with Gasteiger partial charge in [0.1, 0.15) is 0 Å². The molecule has 0 heteroatoms. The average Bonchev–Trinajstić information content (AvgIpc) is 3.70. The predicted molar refractivity (Wildman–Crippen MR) is 163 cm³/mol. The Bertz CT molecular complexity index is 2210. The maximum Gasteiger partial charge on any atom is -0.00104 e. The number of hydrogen-bond donors (Lipinski definition) is 0. The summed E-state index contributed by atoms with van der Waals surface area (Å²) in [4.78, 5) is 0. The molecule has 0 amide bonds. The van der Waals surface area contributed by atoms with E-state index in [2.05, 4.69) is 97.1 Å². The third kappa shape index (κ3) is 2.55. The van der Waals surface area contributed by atoms with E-state index in [4.69, 9.17) is 0 Å². The van der Waals surface area contributed by atoms with Crippen molar-refractivity contribution in [3.8, 4) is 0 Å². The van der Waals surface area contributed by atoms with Gasteiger partial charge >= 0.3 is 0 Å². The zero-order valence-corrected chi connectivity index (χ0v) is 21.1. The van der Waals surface area contributed by atoms with E-state index >= 15 is 0 Å². The summed E-state index contributed by atoms with van der Waals surface area (Å²) in [5.41, 5.74) is 14.7. The van der Waals surface area contributed by atoms with Crippen molar-refractivity contribution in [1.29, 1.82) is 0 Å². The van der Waals surface area contributed by atoms with E-state index in [1.807, 2.05) is 0 Å². The van der Waals surface area contributed by atoms with Crippen LogP contribution in [0.25, 0.3) is 66.4 Å². The van der Waals surface area contributed by atoms with Crippen molar-refractivity contribution in [3.05, 3.63) is 129 Å². The Labute approximate surface area is 221 Å². The van der Waals surface area contributed by atoms with Crippen LogP contribution >= 0.6 is 0 Å². The molecule has 0 saturated carbocycles. The van der Waals surface area contributed by atoms with E-state index in [1.54, 1.807) is 11.1 Å². The van der Waals surface area contributed by atoms with Gasteiger partial charge in [0, 0.05) is 0 Å². The molecule has 176 valence electrons. The third-order valence-corrected chi connectivity index (χ3v) is 9.57. The molecule has 6 aromatic carbocycles. The maximum atomic E-state index is 2.48. The second-order valence-electron chi connectivity index (χ2n) is 11.7. The summed E-state index contributed by atoms with van der Waals surface area (Å²) in [6, 6.07) is 29.1. The molecule has 0 aliphatic heterocycles. The Hall–Kier alpha value is -4.42. The Morgan fingerprint density at radius 3 is 1.16 bits per heavy atom. The van der Waals surface area contributed by atoms with Gasteiger partial charge in [-0.15, -0.1) is 0 Å². The van der Waals surface area contributed by atoms with Crippen molar-refractivity contribution in [3.63, 3.8) is 0 Å². The minimum Gasteiger partial charge on any atom is -0.0795 e. The van der Waals surface area contributed by atoms with Crippen LogP contribution in [0.2, 0.25) is 0 Å². The third-order valence-electron chi connectivity index (χ3n) is 9.57. The first kappa shape index (κ1) is 19.7. The number of hydrogen-bond acceptors (Lipinski definition) is 0. The molecular weight excluding hydrogens is 456 g/mol. The van der Waals surface area contributed by atoms with Crippen LogP contribution < -0.4 is 0 Å². The molecule has 0 bridgehead atoms. The van der Waals surface area contributed by atoms with Gasteiger partial charge in [0.2, 0.25) is 0 Å². The van der Waals surface area contributed by atoms with Crippen molar-refractivity contribution in [2.24, 2.45) is 0 Å². The lowest BCUT2D eigenvalue weighted by molar-refractivity contribution is 1.27. The van der Waals surface area contributed by atoms with Crippen molar-refractivity contribution in [1.82, 2.24) is 0 Å². The molecule has 0 radical (unpaired) electrons. The van der Waals surface area contributed by atoms with E-state index in [1.165, 1.54) is 87.6 Å². The highest BCUT2D eigenvalue weighted by Gasteiger charge is 2.30. The average molecular weight is 481 g/mol. The maximum absolute atomic E-state index is 2.48. The summed E-state index contributed by atoms with van der Waals surface area (Å²) in [5.74, 6) is 0. The summed E-state index contributed by atoms with van der Waals surface area (Å²) in [7, 11) is 0. The van der Waals surface area contributed by atoms with Crippen molar-refractivity contribution in [2.75, 3.05) is 0 Å². The summed E-state index contributed by atoms with van der Waals surface area (Å²) >= 11 is 0. The molecule has 0 saturated heterocycles. The Kier molecular flexibility index (Phi) is 3.47. The van der Waals surface area contributed by atoms with Crippen LogP contribution in [0.3, 0.4) is 0 Å². The van der Waals surface area contributed by atoms with Crippen molar-refractivity contribution >= 4 is 66.4 Å². The lowest BCUT2D eigenvalue weighted by atomic mass is 9.92. The fourth-order valence-corrected chi connectivity index (χ4v) is 7.68. The van der Waals surface area contributed by atoms with E-state index in [0.29, 0.717) is 0 Å². The first-order valence-corrected chi connectivity index (χ1v) is 13.9. The van der Waals surface area contributed by atoms with Crippen LogP contribution in [0.5, 0.6) is 0 Å². The van der Waals surface area contributed by atoms with Gasteiger partial charge in [-0.05, 0) is 173 Å². The molecule has 0 heterocycles. The van der Waals surface area contributed by atoms with Crippen molar-refractivity contribution in [2.45, 2.75) is 25.7 Å². The fraction of sp³-hybridized carbons (Fsp3) is 0.105. The fourth-order valence-electron chi connectivity index (χ4n) is 7.68. The molecule has 0 aromatic heterocycles. The van der Waals surface area contributed by atoms with E-state index < -0.39 is 0 Å². The molecule has 10 rings (SSSR count). The van der Waals surface area contributed by atoms with E-state index in [0.717, 1.165) is 25.7 Å². The van der Waals surface area contributed by atoms with Gasteiger partial charge in [-0.3, -0.25) is 0 Å². The summed E-state index contributed by atoms with van der Waals surface area (Å²) in [5, 5.41) is 10.9. The molecular formula is C38H24. The van der Waals surface area contributed by atoms with Crippen LogP contribution in [0.15, 0.2) is 84.9 Å². The van der Waals surface area contributed by atoms with Gasteiger partial charge in [0.25, 0.3) is 0 Å². The van der Waals surface area contributed by atoms with Gasteiger partial charge in [-0.2, -0.15) is 0 Å². The number of benzene rings is 6. The van der Waals surface area contributed by atoms with Crippen molar-refractivity contribution < 1.29 is 0 Å². The van der Waals surface area contributed by atoms with Crippen LogP contribution in [-0.4, -0.2) is 0 Å². The standard InChI is InChI=1S/C38H24/c1-3-21-7-25-11-29-15-33-19-38-36-18-32-14-28-10-24-6-2-4-22(24)8-26(28)12-30(32)16-34(36)20-37(38)35(33)17-31(29)13-27(25)9-23(21)5-1/h1-3,6-18H,4-5,19-20H2. The lowest BCUT2D eigenvalue weighted by Crippen LogP contribution is -1.93. The SMILES string of the molecule is C1=Cc2cc3cc4cc5c(cc4cc3cc2C1)CC1=C5Cc2cc3cc4cc5c(cc4cc3cc21)CC=C5. The molecule has 0 N–H and O–H groups in total. The highest BCUT2D eigenvalue weighted by Crippen LogP contribution is 2.49. The second kappa shape index (κ2) is 6.71. The molecule has 6 aromatic rings. The summed E-state index contributed by atoms with van der Waals surface area (Å²) in [6.45, 7) is 0. The van der Waals surface area contributed by atoms with Gasteiger partial charge in [-0.1, -0.05) is 48.6 Å². The Balaban J connectivity index is 1.11. The van der Waals surface area contributed by atoms with Crippen LogP contribution in [-0.2, 0) is 25.7 Å². The Morgan fingerprint density at radius 1 is 0.342 bits per heavy atom. The lowest BCUT2D eigenvalue weighted by Gasteiger charge is -2.12. The highest BCUT2D eigenvalue weighted by atomic mass is 14.3. The van der Waals surface area contributed by atoms with E-state index in [9.17, 15) is 0 Å². The number of allylic oxidation sites excluding steroid dienone is 4. The largest absolute Gasteiger partial charge is 0.0795 e. The van der Waals surface area contributed by atoms with Crippen LogP contribution in [0.4, 0.5) is 0 Å². The normalized spacial score (nSPS) is 16.2. The highest BCUT2D eigenvalue weighted by molar-refractivity contribution is 6.09. The number of fused-ring (bicyclic) bond motifs is 10. The topological polar surface area (TPSA) is 0 Å². The summed E-state index contributed by atoms with van der Waals surface area (Å²) < 4.78 is 0. The molecule has 4 aliphatic carbocycles. The minimum absolute atomic E-state index is 1.05. The molecule has 0 unspecified atom stereocenters. The van der Waals surface area contributed by atoms with Gasteiger partial charge < -0.3 is 0 Å². The smallest absolute Gasteiger partial charge is 0.00104 e. The quantitative estimate of drug-likeness (QED) is 0.190. The van der Waals surface area contributed by atoms with Crippen LogP contribution in [0, 0.1) is 0 Å². The summed E-state index contributed by atoms with van der Waals surface area (Å²) in [6.07, 6.45) is 13.3. The van der Waals surface area contributed by atoms with Crippen LogP contribution in [0.1, 0.15) is 44.5 Å². The zero-order valence-electron chi connectivity index (χ0n) is 21.1. The predicted octanol–water partition coefficient (Wildman–Crippen LogP) is 9.46. The molecule has 38 heavy (non-hydrogen) atoms. The second-order valence-corrected chi connectivity index (χ2v) is 11.7. The molecule has 0 fully saturated rings. The molecule has 4 aliphatic rings. The van der Waals surface area contributed by atoms with Gasteiger partial charge in [-0.25, -0.2) is 0 Å². The Morgan fingerprint density at radius 2 is 0.711 bits per heavy atom. The minimum atomic E-state index is 1.05. The first-order chi connectivity index (χ1) is 18.7. The number of rotatable bonds is 0.